The predicted molar refractivity (Wildman–Crippen MR) is 55.2 cm³/mol. The van der Waals surface area contributed by atoms with Crippen molar-refractivity contribution in [3.8, 4) is 5.75 Å². The number of carbonyl (C=O) groups is 2. The van der Waals surface area contributed by atoms with Crippen LogP contribution in [-0.2, 0) is 11.4 Å². The van der Waals surface area contributed by atoms with Gasteiger partial charge in [-0.2, -0.15) is 0 Å². The van der Waals surface area contributed by atoms with E-state index in [1.807, 2.05) is 0 Å². The number of hydrogen-bond acceptors (Lipinski definition) is 4. The van der Waals surface area contributed by atoms with Crippen LogP contribution in [0.15, 0.2) is 18.2 Å². The molecule has 0 unspecified atom stereocenters. The van der Waals surface area contributed by atoms with E-state index in [0.29, 0.717) is 5.56 Å². The van der Waals surface area contributed by atoms with Crippen molar-refractivity contribution in [3.63, 3.8) is 0 Å². The van der Waals surface area contributed by atoms with E-state index in [1.165, 1.54) is 18.2 Å². The first kappa shape index (κ1) is 12.2. The Morgan fingerprint density at radius 2 is 1.88 bits per heavy atom. The van der Waals surface area contributed by atoms with Gasteiger partial charge in [0.2, 0.25) is 0 Å². The number of aliphatic hydroxyl groups excluding tert-OH is 1. The van der Waals surface area contributed by atoms with Crippen molar-refractivity contribution in [2.75, 3.05) is 0 Å². The zero-order chi connectivity index (χ0) is 12.1. The fraction of sp³-hybridized carbons (Fsp3) is 0.273. The SMILES string of the molecule is O=C(O)CCC(=O)c1ccc(CO)c(O)c1. The largest absolute Gasteiger partial charge is 0.508 e. The average molecular weight is 224 g/mol. The van der Waals surface area contributed by atoms with Gasteiger partial charge in [0.25, 0.3) is 0 Å². The summed E-state index contributed by atoms with van der Waals surface area (Å²) in [5.74, 6) is -1.55. The highest BCUT2D eigenvalue weighted by Gasteiger charge is 2.10. The second-order valence-corrected chi connectivity index (χ2v) is 3.32. The number of rotatable bonds is 5. The van der Waals surface area contributed by atoms with Crippen LogP contribution in [0.4, 0.5) is 0 Å². The molecule has 0 aliphatic rings. The molecular weight excluding hydrogens is 212 g/mol. The molecule has 3 N–H and O–H groups in total. The summed E-state index contributed by atoms with van der Waals surface area (Å²) in [6, 6.07) is 4.12. The van der Waals surface area contributed by atoms with Gasteiger partial charge < -0.3 is 15.3 Å². The molecule has 0 saturated heterocycles. The number of benzene rings is 1. The highest BCUT2D eigenvalue weighted by molar-refractivity contribution is 5.97. The molecule has 5 nitrogen and oxygen atoms in total. The van der Waals surface area contributed by atoms with Crippen molar-refractivity contribution < 1.29 is 24.9 Å². The molecule has 0 radical (unpaired) electrons. The first-order valence-electron chi connectivity index (χ1n) is 4.72. The molecule has 0 fully saturated rings. The first-order chi connectivity index (χ1) is 7.54. The number of hydrogen-bond donors (Lipinski definition) is 3. The van der Waals surface area contributed by atoms with Crippen LogP contribution < -0.4 is 0 Å². The molecular formula is C11H12O5. The number of Topliss-reactive ketones (excluding diaryl/α,β-unsaturated/α-hetero) is 1. The molecule has 0 heterocycles. The Kier molecular flexibility index (Phi) is 4.02. The van der Waals surface area contributed by atoms with Crippen LogP contribution in [0.1, 0.15) is 28.8 Å². The Labute approximate surface area is 92.0 Å². The van der Waals surface area contributed by atoms with Crippen molar-refractivity contribution in [2.45, 2.75) is 19.4 Å². The van der Waals surface area contributed by atoms with Gasteiger partial charge in [-0.1, -0.05) is 12.1 Å². The van der Waals surface area contributed by atoms with E-state index in [1.54, 1.807) is 0 Å². The first-order valence-corrected chi connectivity index (χ1v) is 4.72. The van der Waals surface area contributed by atoms with Crippen LogP contribution in [0.3, 0.4) is 0 Å². The number of phenols is 1. The fourth-order valence-electron chi connectivity index (χ4n) is 1.24. The molecule has 0 spiro atoms. The van der Waals surface area contributed by atoms with Crippen molar-refractivity contribution in [2.24, 2.45) is 0 Å². The Balaban J connectivity index is 2.77. The zero-order valence-electron chi connectivity index (χ0n) is 8.51. The second-order valence-electron chi connectivity index (χ2n) is 3.32. The van der Waals surface area contributed by atoms with E-state index in [9.17, 15) is 14.7 Å². The monoisotopic (exact) mass is 224 g/mol. The lowest BCUT2D eigenvalue weighted by Gasteiger charge is -2.04. The Morgan fingerprint density at radius 3 is 2.38 bits per heavy atom. The molecule has 1 rings (SSSR count). The van der Waals surface area contributed by atoms with Gasteiger partial charge in [0.1, 0.15) is 5.75 Å². The minimum atomic E-state index is -1.04. The standard InChI is InChI=1S/C11H12O5/c12-6-8-2-1-7(5-10(8)14)9(13)3-4-11(15)16/h1-2,5,12,14H,3-4,6H2,(H,15,16). The van der Waals surface area contributed by atoms with Gasteiger partial charge in [0, 0.05) is 17.5 Å². The smallest absolute Gasteiger partial charge is 0.303 e. The molecule has 5 heteroatoms. The van der Waals surface area contributed by atoms with Crippen LogP contribution in [0.5, 0.6) is 5.75 Å². The van der Waals surface area contributed by atoms with E-state index in [4.69, 9.17) is 10.2 Å². The lowest BCUT2D eigenvalue weighted by Crippen LogP contribution is -2.04. The number of carboxylic acid groups (broad SMARTS) is 1. The summed E-state index contributed by atoms with van der Waals surface area (Å²) in [7, 11) is 0. The number of ketones is 1. The lowest BCUT2D eigenvalue weighted by molar-refractivity contribution is -0.136. The van der Waals surface area contributed by atoms with Crippen LogP contribution >= 0.6 is 0 Å². The number of carboxylic acids is 1. The van der Waals surface area contributed by atoms with Gasteiger partial charge in [-0.25, -0.2) is 0 Å². The topological polar surface area (TPSA) is 94.8 Å². The molecule has 0 aromatic heterocycles. The number of aromatic hydroxyl groups is 1. The Morgan fingerprint density at radius 1 is 1.19 bits per heavy atom. The number of aliphatic hydroxyl groups is 1. The van der Waals surface area contributed by atoms with Crippen LogP contribution in [0.25, 0.3) is 0 Å². The molecule has 0 aliphatic carbocycles. The summed E-state index contributed by atoms with van der Waals surface area (Å²) in [5, 5.41) is 26.6. The minimum Gasteiger partial charge on any atom is -0.508 e. The number of aliphatic carboxylic acids is 1. The van der Waals surface area contributed by atoms with E-state index >= 15 is 0 Å². The van der Waals surface area contributed by atoms with Gasteiger partial charge in [-0.15, -0.1) is 0 Å². The predicted octanol–water partition coefficient (Wildman–Crippen LogP) is 0.932. The molecule has 1 aromatic carbocycles. The van der Waals surface area contributed by atoms with Crippen molar-refractivity contribution in [3.05, 3.63) is 29.3 Å². The van der Waals surface area contributed by atoms with Crippen molar-refractivity contribution in [1.29, 1.82) is 0 Å². The van der Waals surface area contributed by atoms with E-state index in [2.05, 4.69) is 0 Å². The van der Waals surface area contributed by atoms with Crippen LogP contribution in [0.2, 0.25) is 0 Å². The molecule has 0 saturated carbocycles. The maximum absolute atomic E-state index is 11.5. The highest BCUT2D eigenvalue weighted by Crippen LogP contribution is 2.19. The van der Waals surface area contributed by atoms with Gasteiger partial charge in [0.05, 0.1) is 13.0 Å². The second kappa shape index (κ2) is 5.27. The third-order valence-electron chi connectivity index (χ3n) is 2.14. The van der Waals surface area contributed by atoms with Gasteiger partial charge in [-0.3, -0.25) is 9.59 Å². The molecule has 0 atom stereocenters. The maximum atomic E-state index is 11.5. The van der Waals surface area contributed by atoms with Crippen molar-refractivity contribution in [1.82, 2.24) is 0 Å². The normalized spacial score (nSPS) is 10.1. The molecule has 1 aromatic rings. The van der Waals surface area contributed by atoms with Gasteiger partial charge in [0.15, 0.2) is 5.78 Å². The van der Waals surface area contributed by atoms with E-state index in [-0.39, 0.29) is 36.5 Å². The summed E-state index contributed by atoms with van der Waals surface area (Å²) < 4.78 is 0. The quantitative estimate of drug-likeness (QED) is 0.647. The van der Waals surface area contributed by atoms with E-state index < -0.39 is 5.97 Å². The summed E-state index contributed by atoms with van der Waals surface area (Å²) in [6.45, 7) is -0.310. The summed E-state index contributed by atoms with van der Waals surface area (Å²) in [4.78, 5) is 21.7. The summed E-state index contributed by atoms with van der Waals surface area (Å²) in [6.07, 6.45) is -0.339. The minimum absolute atomic E-state index is 0.104. The molecule has 0 bridgehead atoms. The molecule has 16 heavy (non-hydrogen) atoms. The average Bonchev–Trinajstić information content (AvgIpc) is 2.25. The Bertz CT molecular complexity index is 411. The summed E-state index contributed by atoms with van der Waals surface area (Å²) in [5.41, 5.74) is 0.575. The van der Waals surface area contributed by atoms with Crippen LogP contribution in [-0.4, -0.2) is 27.1 Å². The maximum Gasteiger partial charge on any atom is 0.303 e. The summed E-state index contributed by atoms with van der Waals surface area (Å²) >= 11 is 0. The number of carbonyl (C=O) groups excluding carboxylic acids is 1. The third-order valence-corrected chi connectivity index (χ3v) is 2.14. The molecule has 0 amide bonds. The van der Waals surface area contributed by atoms with Gasteiger partial charge in [-0.05, 0) is 6.07 Å². The zero-order valence-corrected chi connectivity index (χ0v) is 8.51. The van der Waals surface area contributed by atoms with Crippen molar-refractivity contribution >= 4 is 11.8 Å². The third kappa shape index (κ3) is 3.06. The molecule has 86 valence electrons. The van der Waals surface area contributed by atoms with Crippen LogP contribution in [0, 0.1) is 0 Å². The lowest BCUT2D eigenvalue weighted by atomic mass is 10.0. The highest BCUT2D eigenvalue weighted by atomic mass is 16.4. The fourth-order valence-corrected chi connectivity index (χ4v) is 1.24. The van der Waals surface area contributed by atoms with E-state index in [0.717, 1.165) is 0 Å². The molecule has 0 aliphatic heterocycles. The Hall–Kier alpha value is -1.88. The van der Waals surface area contributed by atoms with Gasteiger partial charge >= 0.3 is 5.97 Å².